The van der Waals surface area contributed by atoms with Gasteiger partial charge in [0, 0.05) is 12.1 Å². The van der Waals surface area contributed by atoms with Crippen LogP contribution in [0, 0.1) is 10.1 Å². The SMILES string of the molecule is CCCCOC(=O)COc1ccc([N+](=O)[O-])c(OC)c1. The first kappa shape index (κ1) is 15.7. The molecular formula is C13H17NO6. The summed E-state index contributed by atoms with van der Waals surface area (Å²) in [4.78, 5) is 21.5. The van der Waals surface area contributed by atoms with Crippen molar-refractivity contribution < 1.29 is 23.9 Å². The van der Waals surface area contributed by atoms with Gasteiger partial charge in [0.15, 0.2) is 6.61 Å². The molecule has 0 amide bonds. The van der Waals surface area contributed by atoms with Crippen molar-refractivity contribution in [3.8, 4) is 11.5 Å². The van der Waals surface area contributed by atoms with E-state index in [4.69, 9.17) is 14.2 Å². The summed E-state index contributed by atoms with van der Waals surface area (Å²) < 4.78 is 15.0. The van der Waals surface area contributed by atoms with Gasteiger partial charge in [-0.05, 0) is 12.5 Å². The molecule has 0 saturated carbocycles. The minimum atomic E-state index is -0.554. The number of benzene rings is 1. The lowest BCUT2D eigenvalue weighted by molar-refractivity contribution is -0.385. The van der Waals surface area contributed by atoms with Crippen LogP contribution < -0.4 is 9.47 Å². The monoisotopic (exact) mass is 283 g/mol. The van der Waals surface area contributed by atoms with Gasteiger partial charge in [-0.15, -0.1) is 0 Å². The zero-order chi connectivity index (χ0) is 15.0. The van der Waals surface area contributed by atoms with Crippen LogP contribution in [0.25, 0.3) is 0 Å². The highest BCUT2D eigenvalue weighted by Gasteiger charge is 2.15. The van der Waals surface area contributed by atoms with Crippen LogP contribution in [0.3, 0.4) is 0 Å². The molecule has 0 aromatic heterocycles. The van der Waals surface area contributed by atoms with Crippen LogP contribution in [-0.4, -0.2) is 31.2 Å². The average Bonchev–Trinajstić information content (AvgIpc) is 2.44. The second-order valence-electron chi connectivity index (χ2n) is 3.95. The molecule has 7 heteroatoms. The number of hydrogen-bond donors (Lipinski definition) is 0. The van der Waals surface area contributed by atoms with Crippen LogP contribution in [0.1, 0.15) is 19.8 Å². The van der Waals surface area contributed by atoms with Crippen molar-refractivity contribution in [2.24, 2.45) is 0 Å². The minimum Gasteiger partial charge on any atom is -0.490 e. The van der Waals surface area contributed by atoms with Gasteiger partial charge >= 0.3 is 11.7 Å². The van der Waals surface area contributed by atoms with E-state index in [2.05, 4.69) is 0 Å². The Morgan fingerprint density at radius 1 is 1.40 bits per heavy atom. The normalized spacial score (nSPS) is 9.90. The highest BCUT2D eigenvalue weighted by atomic mass is 16.6. The lowest BCUT2D eigenvalue weighted by Gasteiger charge is -2.08. The van der Waals surface area contributed by atoms with Crippen LogP contribution in [0.15, 0.2) is 18.2 Å². The number of nitro benzene ring substituents is 1. The van der Waals surface area contributed by atoms with Crippen molar-refractivity contribution in [3.63, 3.8) is 0 Å². The number of carbonyl (C=O) groups excluding carboxylic acids is 1. The Labute approximate surface area is 116 Å². The molecule has 7 nitrogen and oxygen atoms in total. The molecule has 0 fully saturated rings. The second-order valence-corrected chi connectivity index (χ2v) is 3.95. The smallest absolute Gasteiger partial charge is 0.344 e. The summed E-state index contributed by atoms with van der Waals surface area (Å²) in [5, 5.41) is 10.7. The molecule has 0 N–H and O–H groups in total. The molecular weight excluding hydrogens is 266 g/mol. The summed E-state index contributed by atoms with van der Waals surface area (Å²) in [6, 6.07) is 4.02. The third kappa shape index (κ3) is 4.75. The zero-order valence-electron chi connectivity index (χ0n) is 11.5. The Morgan fingerprint density at radius 2 is 2.15 bits per heavy atom. The lowest BCUT2D eigenvalue weighted by Crippen LogP contribution is -2.15. The van der Waals surface area contributed by atoms with Crippen LogP contribution in [0.4, 0.5) is 5.69 Å². The number of nitro groups is 1. The van der Waals surface area contributed by atoms with E-state index in [9.17, 15) is 14.9 Å². The van der Waals surface area contributed by atoms with Gasteiger partial charge in [0.1, 0.15) is 5.75 Å². The molecule has 1 aromatic rings. The molecule has 110 valence electrons. The number of carbonyl (C=O) groups is 1. The Kier molecular flexibility index (Phi) is 6.28. The Balaban J connectivity index is 2.56. The van der Waals surface area contributed by atoms with Crippen molar-refractivity contribution in [3.05, 3.63) is 28.3 Å². The maximum absolute atomic E-state index is 11.3. The summed E-state index contributed by atoms with van der Waals surface area (Å²) in [5.41, 5.74) is -0.162. The summed E-state index contributed by atoms with van der Waals surface area (Å²) >= 11 is 0. The van der Waals surface area contributed by atoms with Crippen LogP contribution in [0.5, 0.6) is 11.5 Å². The largest absolute Gasteiger partial charge is 0.490 e. The standard InChI is InChI=1S/C13H17NO6/c1-3-4-7-19-13(15)9-20-10-5-6-11(14(16)17)12(8-10)18-2/h5-6,8H,3-4,7,9H2,1-2H3. The maximum Gasteiger partial charge on any atom is 0.344 e. The molecule has 0 aliphatic rings. The molecule has 0 heterocycles. The van der Waals surface area contributed by atoms with Gasteiger partial charge in [-0.2, -0.15) is 0 Å². The highest BCUT2D eigenvalue weighted by molar-refractivity contribution is 5.71. The van der Waals surface area contributed by atoms with Crippen molar-refractivity contribution >= 4 is 11.7 Å². The number of nitrogens with zero attached hydrogens (tertiary/aromatic N) is 1. The molecule has 0 radical (unpaired) electrons. The fraction of sp³-hybridized carbons (Fsp3) is 0.462. The predicted molar refractivity (Wildman–Crippen MR) is 71.0 cm³/mol. The first-order valence-electron chi connectivity index (χ1n) is 6.19. The molecule has 0 aliphatic carbocycles. The molecule has 0 saturated heterocycles. The Morgan fingerprint density at radius 3 is 2.75 bits per heavy atom. The highest BCUT2D eigenvalue weighted by Crippen LogP contribution is 2.30. The number of unbranched alkanes of at least 4 members (excludes halogenated alkanes) is 1. The first-order valence-corrected chi connectivity index (χ1v) is 6.19. The van der Waals surface area contributed by atoms with E-state index in [1.54, 1.807) is 0 Å². The lowest BCUT2D eigenvalue weighted by atomic mass is 10.3. The number of methoxy groups -OCH3 is 1. The molecule has 20 heavy (non-hydrogen) atoms. The number of rotatable bonds is 8. The van der Waals surface area contributed by atoms with Gasteiger partial charge in [0.25, 0.3) is 0 Å². The molecule has 0 atom stereocenters. The molecule has 1 rings (SSSR count). The fourth-order valence-electron chi connectivity index (χ4n) is 1.41. The third-order valence-electron chi connectivity index (χ3n) is 2.47. The van der Waals surface area contributed by atoms with Crippen molar-refractivity contribution in [1.29, 1.82) is 0 Å². The quantitative estimate of drug-likeness (QED) is 0.315. The molecule has 0 spiro atoms. The van der Waals surface area contributed by atoms with E-state index >= 15 is 0 Å². The Bertz CT molecular complexity index is 474. The molecule has 1 aromatic carbocycles. The number of hydrogen-bond acceptors (Lipinski definition) is 6. The van der Waals surface area contributed by atoms with Gasteiger partial charge in [-0.25, -0.2) is 4.79 Å². The van der Waals surface area contributed by atoms with E-state index in [-0.39, 0.29) is 18.0 Å². The summed E-state index contributed by atoms with van der Waals surface area (Å²) in [7, 11) is 1.32. The van der Waals surface area contributed by atoms with Crippen LogP contribution in [-0.2, 0) is 9.53 Å². The number of ether oxygens (including phenoxy) is 3. The van der Waals surface area contributed by atoms with Crippen LogP contribution >= 0.6 is 0 Å². The van der Waals surface area contributed by atoms with Crippen molar-refractivity contribution in [2.45, 2.75) is 19.8 Å². The summed E-state index contributed by atoms with van der Waals surface area (Å²) in [6.45, 7) is 2.11. The first-order chi connectivity index (χ1) is 9.58. The zero-order valence-corrected chi connectivity index (χ0v) is 11.5. The maximum atomic E-state index is 11.3. The van der Waals surface area contributed by atoms with Gasteiger partial charge in [0.05, 0.1) is 18.6 Å². The minimum absolute atomic E-state index is 0.0758. The molecule has 0 unspecified atom stereocenters. The topological polar surface area (TPSA) is 87.9 Å². The van der Waals surface area contributed by atoms with Gasteiger partial charge in [-0.3, -0.25) is 10.1 Å². The summed E-state index contributed by atoms with van der Waals surface area (Å²) in [6.07, 6.45) is 1.74. The molecule has 0 aliphatic heterocycles. The van der Waals surface area contributed by atoms with E-state index in [0.717, 1.165) is 12.8 Å². The van der Waals surface area contributed by atoms with E-state index in [1.807, 2.05) is 6.92 Å². The van der Waals surface area contributed by atoms with E-state index < -0.39 is 10.9 Å². The van der Waals surface area contributed by atoms with E-state index in [0.29, 0.717) is 12.4 Å². The van der Waals surface area contributed by atoms with Crippen LogP contribution in [0.2, 0.25) is 0 Å². The third-order valence-corrected chi connectivity index (χ3v) is 2.47. The predicted octanol–water partition coefficient (Wildman–Crippen LogP) is 2.33. The van der Waals surface area contributed by atoms with Gasteiger partial charge < -0.3 is 14.2 Å². The van der Waals surface area contributed by atoms with Gasteiger partial charge in [0.2, 0.25) is 5.75 Å². The summed E-state index contributed by atoms with van der Waals surface area (Å²) in [5.74, 6) is -0.0949. The Hall–Kier alpha value is -2.31. The van der Waals surface area contributed by atoms with Crippen molar-refractivity contribution in [1.82, 2.24) is 0 Å². The second kappa shape index (κ2) is 7.98. The average molecular weight is 283 g/mol. The van der Waals surface area contributed by atoms with Gasteiger partial charge in [-0.1, -0.05) is 13.3 Å². The molecule has 0 bridgehead atoms. The fourth-order valence-corrected chi connectivity index (χ4v) is 1.41. The van der Waals surface area contributed by atoms with E-state index in [1.165, 1.54) is 25.3 Å². The number of esters is 1. The van der Waals surface area contributed by atoms with Crippen molar-refractivity contribution in [2.75, 3.05) is 20.3 Å².